The van der Waals surface area contributed by atoms with Crippen LogP contribution < -0.4 is 5.32 Å². The van der Waals surface area contributed by atoms with E-state index in [0.29, 0.717) is 20.5 Å². The number of aliphatic carboxylic acids is 1. The number of hydrogen-bond acceptors (Lipinski definition) is 3. The molecule has 112 valence electrons. The Kier molecular flexibility index (Phi) is 4.00. The number of fused-ring (bicyclic) bond motifs is 1. The minimum Gasteiger partial charge on any atom is -0.480 e. The predicted octanol–water partition coefficient (Wildman–Crippen LogP) is 3.33. The van der Waals surface area contributed by atoms with Gasteiger partial charge in [0.05, 0.1) is 4.88 Å². The van der Waals surface area contributed by atoms with Gasteiger partial charge < -0.3 is 10.4 Å². The zero-order valence-corrected chi connectivity index (χ0v) is 12.8. The van der Waals surface area contributed by atoms with E-state index in [2.05, 4.69) is 5.32 Å². The SMILES string of the molecule is CCC(C)(NC(=O)c1sc2cccc(F)c2c1C)C(=O)O. The first-order valence-electron chi connectivity index (χ1n) is 6.53. The highest BCUT2D eigenvalue weighted by molar-refractivity contribution is 7.21. The molecule has 2 aromatic rings. The molecule has 0 aliphatic carbocycles. The summed E-state index contributed by atoms with van der Waals surface area (Å²) in [6.07, 6.45) is 0.256. The van der Waals surface area contributed by atoms with E-state index in [4.69, 9.17) is 0 Å². The molecule has 21 heavy (non-hydrogen) atoms. The number of amides is 1. The summed E-state index contributed by atoms with van der Waals surface area (Å²) >= 11 is 1.16. The Morgan fingerprint density at radius 3 is 2.62 bits per heavy atom. The summed E-state index contributed by atoms with van der Waals surface area (Å²) in [4.78, 5) is 23.9. The van der Waals surface area contributed by atoms with Gasteiger partial charge in [-0.1, -0.05) is 13.0 Å². The van der Waals surface area contributed by atoms with E-state index in [1.54, 1.807) is 26.0 Å². The van der Waals surface area contributed by atoms with Crippen molar-refractivity contribution in [3.05, 3.63) is 34.5 Å². The van der Waals surface area contributed by atoms with Crippen molar-refractivity contribution in [3.8, 4) is 0 Å². The van der Waals surface area contributed by atoms with Crippen molar-refractivity contribution < 1.29 is 19.1 Å². The molecule has 1 unspecified atom stereocenters. The quantitative estimate of drug-likeness (QED) is 0.910. The number of carboxylic acids is 1. The normalized spacial score (nSPS) is 13.9. The Morgan fingerprint density at radius 1 is 1.43 bits per heavy atom. The lowest BCUT2D eigenvalue weighted by molar-refractivity contribution is -0.143. The molecule has 0 bridgehead atoms. The predicted molar refractivity (Wildman–Crippen MR) is 80.3 cm³/mol. The third-order valence-corrected chi connectivity index (χ3v) is 4.93. The van der Waals surface area contributed by atoms with Crippen LogP contribution in [0.3, 0.4) is 0 Å². The Labute approximate surface area is 125 Å². The van der Waals surface area contributed by atoms with Gasteiger partial charge in [-0.25, -0.2) is 9.18 Å². The molecular formula is C15H16FNO3S. The summed E-state index contributed by atoms with van der Waals surface area (Å²) in [5.74, 6) is -1.96. The first-order chi connectivity index (χ1) is 9.80. The molecule has 1 amide bonds. The number of benzene rings is 1. The largest absolute Gasteiger partial charge is 0.480 e. The van der Waals surface area contributed by atoms with E-state index in [-0.39, 0.29) is 12.2 Å². The third kappa shape index (κ3) is 2.63. The highest BCUT2D eigenvalue weighted by Gasteiger charge is 2.34. The van der Waals surface area contributed by atoms with E-state index in [9.17, 15) is 19.1 Å². The number of rotatable bonds is 4. The molecule has 6 heteroatoms. The number of carbonyl (C=O) groups is 2. The van der Waals surface area contributed by atoms with Gasteiger partial charge in [0, 0.05) is 10.1 Å². The van der Waals surface area contributed by atoms with Gasteiger partial charge >= 0.3 is 5.97 Å². The second kappa shape index (κ2) is 5.44. The zero-order chi connectivity index (χ0) is 15.8. The molecule has 0 aliphatic heterocycles. The van der Waals surface area contributed by atoms with Gasteiger partial charge in [0.25, 0.3) is 5.91 Å². The van der Waals surface area contributed by atoms with Crippen LogP contribution in [0.4, 0.5) is 4.39 Å². The van der Waals surface area contributed by atoms with Crippen LogP contribution in [0.5, 0.6) is 0 Å². The summed E-state index contributed by atoms with van der Waals surface area (Å²) in [5, 5.41) is 12.2. The van der Waals surface area contributed by atoms with Gasteiger partial charge in [0.15, 0.2) is 0 Å². The smallest absolute Gasteiger partial charge is 0.329 e. The van der Waals surface area contributed by atoms with E-state index in [1.165, 1.54) is 13.0 Å². The standard InChI is InChI=1S/C15H16FNO3S/c1-4-15(3,14(19)20)17-13(18)12-8(2)11-9(16)6-5-7-10(11)21-12/h5-7H,4H2,1-3H3,(H,17,18)(H,19,20). The summed E-state index contributed by atoms with van der Waals surface area (Å²) in [6, 6.07) is 4.67. The fourth-order valence-corrected chi connectivity index (χ4v) is 3.19. The Hall–Kier alpha value is -1.95. The number of carbonyl (C=O) groups excluding carboxylic acids is 1. The van der Waals surface area contributed by atoms with Crippen LogP contribution in [0.15, 0.2) is 18.2 Å². The van der Waals surface area contributed by atoms with Crippen molar-refractivity contribution in [2.24, 2.45) is 0 Å². The molecular weight excluding hydrogens is 293 g/mol. The van der Waals surface area contributed by atoms with Crippen LogP contribution in [0, 0.1) is 12.7 Å². The Balaban J connectivity index is 2.43. The highest BCUT2D eigenvalue weighted by atomic mass is 32.1. The lowest BCUT2D eigenvalue weighted by Gasteiger charge is -2.24. The maximum Gasteiger partial charge on any atom is 0.329 e. The van der Waals surface area contributed by atoms with Gasteiger partial charge in [-0.05, 0) is 38.0 Å². The summed E-state index contributed by atoms with van der Waals surface area (Å²) in [5.41, 5.74) is -0.799. The second-order valence-electron chi connectivity index (χ2n) is 5.11. The Morgan fingerprint density at radius 2 is 2.10 bits per heavy atom. The molecule has 4 nitrogen and oxygen atoms in total. The van der Waals surface area contributed by atoms with Gasteiger partial charge in [-0.15, -0.1) is 11.3 Å². The molecule has 0 spiro atoms. The molecule has 0 saturated heterocycles. The van der Waals surface area contributed by atoms with Crippen molar-refractivity contribution in [1.82, 2.24) is 5.32 Å². The van der Waals surface area contributed by atoms with Crippen LogP contribution in [0.1, 0.15) is 35.5 Å². The van der Waals surface area contributed by atoms with E-state index in [1.807, 2.05) is 0 Å². The maximum absolute atomic E-state index is 13.8. The number of aryl methyl sites for hydroxylation is 1. The van der Waals surface area contributed by atoms with E-state index >= 15 is 0 Å². The number of hydrogen-bond donors (Lipinski definition) is 2. The van der Waals surface area contributed by atoms with Gasteiger partial charge in [-0.2, -0.15) is 0 Å². The summed E-state index contributed by atoms with van der Waals surface area (Å²) < 4.78 is 14.5. The summed E-state index contributed by atoms with van der Waals surface area (Å²) in [6.45, 7) is 4.81. The number of carboxylic acid groups (broad SMARTS) is 1. The molecule has 1 atom stereocenters. The lowest BCUT2D eigenvalue weighted by Crippen LogP contribution is -2.51. The van der Waals surface area contributed by atoms with Crippen LogP contribution >= 0.6 is 11.3 Å². The van der Waals surface area contributed by atoms with Gasteiger partial charge in [0.1, 0.15) is 11.4 Å². The molecule has 0 fully saturated rings. The highest BCUT2D eigenvalue weighted by Crippen LogP contribution is 2.32. The van der Waals surface area contributed by atoms with Crippen LogP contribution in [0.2, 0.25) is 0 Å². The molecule has 2 rings (SSSR count). The van der Waals surface area contributed by atoms with Crippen LogP contribution in [-0.4, -0.2) is 22.5 Å². The number of nitrogens with one attached hydrogen (secondary N) is 1. The first kappa shape index (κ1) is 15.4. The van der Waals surface area contributed by atoms with Crippen molar-refractivity contribution >= 4 is 33.3 Å². The lowest BCUT2D eigenvalue weighted by atomic mass is 9.99. The second-order valence-corrected chi connectivity index (χ2v) is 6.17. The molecule has 1 heterocycles. The molecule has 1 aromatic carbocycles. The molecule has 0 saturated carbocycles. The topological polar surface area (TPSA) is 66.4 Å². The number of thiophene rings is 1. The molecule has 1 aromatic heterocycles. The van der Waals surface area contributed by atoms with Gasteiger partial charge in [0.2, 0.25) is 0 Å². The van der Waals surface area contributed by atoms with Crippen molar-refractivity contribution in [2.45, 2.75) is 32.7 Å². The minimum absolute atomic E-state index is 0.256. The van der Waals surface area contributed by atoms with Crippen LogP contribution in [-0.2, 0) is 4.79 Å². The average molecular weight is 309 g/mol. The number of halogens is 1. The van der Waals surface area contributed by atoms with Crippen molar-refractivity contribution in [3.63, 3.8) is 0 Å². The maximum atomic E-state index is 13.8. The van der Waals surface area contributed by atoms with Crippen molar-refractivity contribution in [2.75, 3.05) is 0 Å². The first-order valence-corrected chi connectivity index (χ1v) is 7.35. The third-order valence-electron chi connectivity index (χ3n) is 3.68. The molecule has 2 N–H and O–H groups in total. The van der Waals surface area contributed by atoms with Crippen LogP contribution in [0.25, 0.3) is 10.1 Å². The average Bonchev–Trinajstić information content (AvgIpc) is 2.77. The fourth-order valence-electron chi connectivity index (χ4n) is 2.07. The fraction of sp³-hybridized carbons (Fsp3) is 0.333. The Bertz CT molecular complexity index is 725. The van der Waals surface area contributed by atoms with E-state index in [0.717, 1.165) is 11.3 Å². The van der Waals surface area contributed by atoms with Gasteiger partial charge in [-0.3, -0.25) is 4.79 Å². The molecule has 0 radical (unpaired) electrons. The zero-order valence-electron chi connectivity index (χ0n) is 12.0. The van der Waals surface area contributed by atoms with Crippen molar-refractivity contribution in [1.29, 1.82) is 0 Å². The monoisotopic (exact) mass is 309 g/mol. The summed E-state index contributed by atoms with van der Waals surface area (Å²) in [7, 11) is 0. The minimum atomic E-state index is -1.34. The van der Waals surface area contributed by atoms with E-state index < -0.39 is 17.4 Å². The molecule has 0 aliphatic rings.